The fourth-order valence-electron chi connectivity index (χ4n) is 2.85. The molecule has 31 heavy (non-hydrogen) atoms. The summed E-state index contributed by atoms with van der Waals surface area (Å²) >= 11 is 7.32. The minimum absolute atomic E-state index is 0.0437. The van der Waals surface area contributed by atoms with Gasteiger partial charge in [-0.05, 0) is 30.3 Å². The van der Waals surface area contributed by atoms with Crippen molar-refractivity contribution in [2.45, 2.75) is 9.92 Å². The largest absolute Gasteiger partial charge is 0.324 e. The van der Waals surface area contributed by atoms with Crippen molar-refractivity contribution < 1.29 is 13.2 Å². The van der Waals surface area contributed by atoms with E-state index in [1.807, 2.05) is 30.3 Å². The van der Waals surface area contributed by atoms with E-state index in [0.717, 1.165) is 17.3 Å². The van der Waals surface area contributed by atoms with E-state index in [0.29, 0.717) is 10.7 Å². The van der Waals surface area contributed by atoms with E-state index < -0.39 is 9.84 Å². The molecule has 0 fully saturated rings. The van der Waals surface area contributed by atoms with Gasteiger partial charge in [-0.15, -0.1) is 0 Å². The summed E-state index contributed by atoms with van der Waals surface area (Å²) in [6, 6.07) is 13.7. The van der Waals surface area contributed by atoms with E-state index >= 15 is 0 Å². The number of carbonyl (C=O) groups excluding carboxylic acids is 1. The van der Waals surface area contributed by atoms with Gasteiger partial charge in [0.2, 0.25) is 5.91 Å². The third-order valence-electron chi connectivity index (χ3n) is 4.31. The van der Waals surface area contributed by atoms with Gasteiger partial charge < -0.3 is 5.32 Å². The van der Waals surface area contributed by atoms with Crippen LogP contribution in [0.15, 0.2) is 71.0 Å². The van der Waals surface area contributed by atoms with Crippen LogP contribution in [0, 0.1) is 0 Å². The molecule has 8 nitrogen and oxygen atoms in total. The fourth-order valence-corrected chi connectivity index (χ4v) is 4.42. The van der Waals surface area contributed by atoms with Gasteiger partial charge in [0.25, 0.3) is 0 Å². The Labute approximate surface area is 187 Å². The first kappa shape index (κ1) is 21.3. The molecule has 0 bridgehead atoms. The molecular weight excluding hydrogens is 458 g/mol. The van der Waals surface area contributed by atoms with Crippen molar-refractivity contribution in [1.82, 2.24) is 19.7 Å². The number of hydrogen-bond acceptors (Lipinski definition) is 7. The van der Waals surface area contributed by atoms with E-state index in [9.17, 15) is 13.2 Å². The number of halogens is 1. The summed E-state index contributed by atoms with van der Waals surface area (Å²) in [5.74, 6) is -0.304. The molecule has 0 aliphatic heterocycles. The molecule has 0 atom stereocenters. The van der Waals surface area contributed by atoms with Crippen LogP contribution in [0.4, 0.5) is 5.69 Å². The van der Waals surface area contributed by atoms with Crippen LogP contribution in [0.5, 0.6) is 0 Å². The van der Waals surface area contributed by atoms with Gasteiger partial charge in [0, 0.05) is 6.26 Å². The summed E-state index contributed by atoms with van der Waals surface area (Å²) in [6.45, 7) is 0. The monoisotopic (exact) mass is 473 g/mol. The third-order valence-corrected chi connectivity index (χ3v) is 6.76. The molecule has 0 aliphatic rings. The highest BCUT2D eigenvalue weighted by atomic mass is 35.5. The van der Waals surface area contributed by atoms with E-state index in [4.69, 9.17) is 11.6 Å². The Bertz CT molecular complexity index is 1370. The summed E-state index contributed by atoms with van der Waals surface area (Å²) in [5, 5.41) is 8.63. The molecule has 0 saturated carbocycles. The van der Waals surface area contributed by atoms with Gasteiger partial charge >= 0.3 is 0 Å². The van der Waals surface area contributed by atoms with Crippen LogP contribution in [0.25, 0.3) is 16.7 Å². The smallest absolute Gasteiger partial charge is 0.234 e. The van der Waals surface area contributed by atoms with Crippen molar-refractivity contribution in [3.63, 3.8) is 0 Å². The summed E-state index contributed by atoms with van der Waals surface area (Å²) in [6.07, 6.45) is 4.18. The molecule has 0 radical (unpaired) electrons. The number of benzene rings is 2. The SMILES string of the molecule is CS(=O)(=O)c1ccc(Cl)c(NC(=O)CSc2ncnc3c2cnn3-c2ccccc2)c1. The van der Waals surface area contributed by atoms with Gasteiger partial charge in [-0.25, -0.2) is 23.1 Å². The van der Waals surface area contributed by atoms with Crippen LogP contribution in [0.3, 0.4) is 0 Å². The Morgan fingerprint density at radius 3 is 2.68 bits per heavy atom. The van der Waals surface area contributed by atoms with Crippen LogP contribution in [-0.2, 0) is 14.6 Å². The van der Waals surface area contributed by atoms with Gasteiger partial charge in [0.1, 0.15) is 11.4 Å². The number of sulfone groups is 1. The summed E-state index contributed by atoms with van der Waals surface area (Å²) in [4.78, 5) is 21.1. The minimum Gasteiger partial charge on any atom is -0.324 e. The van der Waals surface area contributed by atoms with Crippen molar-refractivity contribution in [1.29, 1.82) is 0 Å². The van der Waals surface area contributed by atoms with E-state index in [1.165, 1.54) is 36.3 Å². The number of nitrogens with zero attached hydrogens (tertiary/aromatic N) is 4. The first-order valence-corrected chi connectivity index (χ1v) is 12.2. The van der Waals surface area contributed by atoms with Gasteiger partial charge in [0.15, 0.2) is 15.5 Å². The van der Waals surface area contributed by atoms with Gasteiger partial charge in [0.05, 0.1) is 38.6 Å². The predicted octanol–water partition coefficient (Wildman–Crippen LogP) is 3.60. The maximum atomic E-state index is 12.5. The van der Waals surface area contributed by atoms with E-state index in [2.05, 4.69) is 20.4 Å². The number of anilines is 1. The quantitative estimate of drug-likeness (QED) is 0.336. The van der Waals surface area contributed by atoms with Crippen molar-refractivity contribution in [3.05, 3.63) is 66.1 Å². The molecule has 1 N–H and O–H groups in total. The van der Waals surface area contributed by atoms with Crippen LogP contribution in [0.2, 0.25) is 5.02 Å². The molecular formula is C20H16ClN5O3S2. The Kier molecular flexibility index (Phi) is 5.94. The Morgan fingerprint density at radius 2 is 1.94 bits per heavy atom. The van der Waals surface area contributed by atoms with Crippen molar-refractivity contribution in [2.24, 2.45) is 0 Å². The molecule has 2 aromatic carbocycles. The van der Waals surface area contributed by atoms with Gasteiger partial charge in [-0.2, -0.15) is 5.10 Å². The lowest BCUT2D eigenvalue weighted by molar-refractivity contribution is -0.113. The number of nitrogens with one attached hydrogen (secondary N) is 1. The lowest BCUT2D eigenvalue weighted by Crippen LogP contribution is -2.15. The number of para-hydroxylation sites is 1. The topological polar surface area (TPSA) is 107 Å². The summed E-state index contributed by atoms with van der Waals surface area (Å²) in [5.41, 5.74) is 1.73. The van der Waals surface area contributed by atoms with E-state index in [-0.39, 0.29) is 27.3 Å². The Balaban J connectivity index is 1.51. The number of hydrogen-bond donors (Lipinski definition) is 1. The second-order valence-electron chi connectivity index (χ2n) is 6.56. The molecule has 0 aliphatic carbocycles. The highest BCUT2D eigenvalue weighted by Crippen LogP contribution is 2.28. The summed E-state index contributed by atoms with van der Waals surface area (Å²) in [7, 11) is -3.42. The lowest BCUT2D eigenvalue weighted by atomic mass is 10.3. The molecule has 2 aromatic heterocycles. The maximum absolute atomic E-state index is 12.5. The van der Waals surface area contributed by atoms with Crippen LogP contribution < -0.4 is 5.32 Å². The first-order valence-electron chi connectivity index (χ1n) is 8.99. The third kappa shape index (κ3) is 4.71. The zero-order valence-electron chi connectivity index (χ0n) is 16.2. The average molecular weight is 474 g/mol. The minimum atomic E-state index is -3.42. The Hall–Kier alpha value is -2.95. The van der Waals surface area contributed by atoms with Crippen LogP contribution in [-0.4, -0.2) is 46.1 Å². The van der Waals surface area contributed by atoms with Crippen LogP contribution >= 0.6 is 23.4 Å². The predicted molar refractivity (Wildman–Crippen MR) is 121 cm³/mol. The number of fused-ring (bicyclic) bond motifs is 1. The highest BCUT2D eigenvalue weighted by Gasteiger charge is 2.15. The zero-order valence-corrected chi connectivity index (χ0v) is 18.6. The molecule has 2 heterocycles. The number of amides is 1. The van der Waals surface area contributed by atoms with Crippen molar-refractivity contribution in [3.8, 4) is 5.69 Å². The van der Waals surface area contributed by atoms with Crippen molar-refractivity contribution >= 4 is 55.8 Å². The van der Waals surface area contributed by atoms with E-state index in [1.54, 1.807) is 10.9 Å². The fraction of sp³-hybridized carbons (Fsp3) is 0.100. The lowest BCUT2D eigenvalue weighted by Gasteiger charge is -2.09. The highest BCUT2D eigenvalue weighted by molar-refractivity contribution is 8.00. The second kappa shape index (κ2) is 8.66. The van der Waals surface area contributed by atoms with Gasteiger partial charge in [-0.1, -0.05) is 41.6 Å². The molecule has 4 rings (SSSR count). The van der Waals surface area contributed by atoms with Gasteiger partial charge in [-0.3, -0.25) is 4.79 Å². The van der Waals surface area contributed by atoms with Crippen molar-refractivity contribution in [2.75, 3.05) is 17.3 Å². The molecule has 0 spiro atoms. The number of thioether (sulfide) groups is 1. The molecule has 0 unspecified atom stereocenters. The molecule has 11 heteroatoms. The maximum Gasteiger partial charge on any atom is 0.234 e. The summed E-state index contributed by atoms with van der Waals surface area (Å²) < 4.78 is 25.2. The average Bonchev–Trinajstić information content (AvgIpc) is 3.18. The van der Waals surface area contributed by atoms with Crippen LogP contribution in [0.1, 0.15) is 0 Å². The first-order chi connectivity index (χ1) is 14.8. The Morgan fingerprint density at radius 1 is 1.16 bits per heavy atom. The normalized spacial score (nSPS) is 11.5. The number of carbonyl (C=O) groups is 1. The molecule has 158 valence electrons. The molecule has 0 saturated heterocycles. The number of rotatable bonds is 6. The molecule has 4 aromatic rings. The second-order valence-corrected chi connectivity index (χ2v) is 9.95. The zero-order chi connectivity index (χ0) is 22.0. The standard InChI is InChI=1S/C20H16ClN5O3S2/c1-31(28,29)14-7-8-16(21)17(9-14)25-18(27)11-30-20-15-10-24-26(19(15)22-12-23-20)13-5-3-2-4-6-13/h2-10,12H,11H2,1H3,(H,25,27). The molecule has 1 amide bonds. The number of aromatic nitrogens is 4.